The van der Waals surface area contributed by atoms with Gasteiger partial charge in [0.1, 0.15) is 0 Å². The number of fused-ring (bicyclic) bond motifs is 1. The fourth-order valence-corrected chi connectivity index (χ4v) is 3.03. The molecular weight excluding hydrogens is 296 g/mol. The highest BCUT2D eigenvalue weighted by atomic mass is 16.7. The van der Waals surface area contributed by atoms with Crippen molar-refractivity contribution in [3.63, 3.8) is 0 Å². The van der Waals surface area contributed by atoms with Crippen molar-refractivity contribution in [1.82, 2.24) is 10.4 Å². The molecule has 1 saturated heterocycles. The molecule has 0 spiro atoms. The average Bonchev–Trinajstić information content (AvgIpc) is 2.84. The summed E-state index contributed by atoms with van der Waals surface area (Å²) < 4.78 is 5.49. The lowest BCUT2D eigenvalue weighted by molar-refractivity contribution is -0.0905. The summed E-state index contributed by atoms with van der Waals surface area (Å²) in [5.41, 5.74) is 0.802. The molecule has 1 aromatic rings. The number of imide groups is 1. The second kappa shape index (κ2) is 7.21. The van der Waals surface area contributed by atoms with Crippen LogP contribution in [0.1, 0.15) is 40.5 Å². The molecule has 0 radical (unpaired) electrons. The highest BCUT2D eigenvalue weighted by molar-refractivity contribution is 6.20. The van der Waals surface area contributed by atoms with Crippen LogP contribution in [0.3, 0.4) is 0 Å². The third-order valence-electron chi connectivity index (χ3n) is 4.45. The zero-order valence-electron chi connectivity index (χ0n) is 13.3. The van der Waals surface area contributed by atoms with Gasteiger partial charge in [0.05, 0.1) is 24.3 Å². The number of benzene rings is 1. The van der Waals surface area contributed by atoms with Crippen LogP contribution in [-0.2, 0) is 9.57 Å². The van der Waals surface area contributed by atoms with Crippen LogP contribution in [-0.4, -0.2) is 49.3 Å². The summed E-state index contributed by atoms with van der Waals surface area (Å²) in [5, 5.41) is 4.23. The Kier molecular flexibility index (Phi) is 5.05. The fraction of sp³-hybridized carbons (Fsp3) is 0.529. The maximum atomic E-state index is 12.1. The smallest absolute Gasteiger partial charge is 0.285 e. The fourth-order valence-electron chi connectivity index (χ4n) is 3.03. The minimum atomic E-state index is -0.390. The van der Waals surface area contributed by atoms with E-state index < -0.39 is 0 Å². The maximum absolute atomic E-state index is 12.1. The summed E-state index contributed by atoms with van der Waals surface area (Å²) in [5.74, 6) is -0.276. The van der Waals surface area contributed by atoms with Gasteiger partial charge in [-0.25, -0.2) is 0 Å². The van der Waals surface area contributed by atoms with Gasteiger partial charge in [0.2, 0.25) is 0 Å². The Balaban J connectivity index is 1.45. The average molecular weight is 318 g/mol. The number of carbonyl (C=O) groups excluding carboxylic acids is 2. The Morgan fingerprint density at radius 1 is 1.30 bits per heavy atom. The summed E-state index contributed by atoms with van der Waals surface area (Å²) in [4.78, 5) is 29.6. The van der Waals surface area contributed by atoms with Gasteiger partial charge in [0.25, 0.3) is 11.8 Å². The van der Waals surface area contributed by atoms with Crippen molar-refractivity contribution in [2.24, 2.45) is 5.92 Å². The van der Waals surface area contributed by atoms with Crippen LogP contribution in [0.2, 0.25) is 0 Å². The number of hydrogen-bond donors (Lipinski definition) is 1. The van der Waals surface area contributed by atoms with Gasteiger partial charge in [-0.3, -0.25) is 14.4 Å². The molecule has 1 aromatic carbocycles. The quantitative estimate of drug-likeness (QED) is 0.638. The molecule has 3 rings (SSSR count). The zero-order chi connectivity index (χ0) is 16.2. The topological polar surface area (TPSA) is 67.9 Å². The number of rotatable bonds is 6. The molecule has 0 aliphatic carbocycles. The maximum Gasteiger partial charge on any atom is 0.285 e. The molecule has 2 aliphatic heterocycles. The Morgan fingerprint density at radius 2 is 2.00 bits per heavy atom. The third-order valence-corrected chi connectivity index (χ3v) is 4.45. The van der Waals surface area contributed by atoms with Crippen molar-refractivity contribution in [1.29, 1.82) is 0 Å². The van der Waals surface area contributed by atoms with Gasteiger partial charge in [-0.15, -0.1) is 5.06 Å². The Hall–Kier alpha value is -1.76. The van der Waals surface area contributed by atoms with Crippen LogP contribution in [0.25, 0.3) is 0 Å². The summed E-state index contributed by atoms with van der Waals surface area (Å²) >= 11 is 0. The van der Waals surface area contributed by atoms with Gasteiger partial charge >= 0.3 is 0 Å². The second-order valence-corrected chi connectivity index (χ2v) is 6.00. The van der Waals surface area contributed by atoms with E-state index in [2.05, 4.69) is 12.2 Å². The number of amides is 2. The third kappa shape index (κ3) is 3.44. The van der Waals surface area contributed by atoms with Crippen LogP contribution in [0, 0.1) is 5.92 Å². The lowest BCUT2D eigenvalue weighted by atomic mass is 9.95. The van der Waals surface area contributed by atoms with Crippen LogP contribution in [0.5, 0.6) is 0 Å². The van der Waals surface area contributed by atoms with E-state index in [1.807, 2.05) is 0 Å². The van der Waals surface area contributed by atoms with E-state index in [4.69, 9.17) is 9.57 Å². The molecule has 6 nitrogen and oxygen atoms in total. The summed E-state index contributed by atoms with van der Waals surface area (Å²) in [6.07, 6.45) is 2.26. The molecule has 1 N–H and O–H groups in total. The predicted octanol–water partition coefficient (Wildman–Crippen LogP) is 1.62. The van der Waals surface area contributed by atoms with Crippen molar-refractivity contribution < 1.29 is 19.2 Å². The molecule has 0 unspecified atom stereocenters. The molecule has 6 heteroatoms. The molecule has 0 saturated carbocycles. The predicted molar refractivity (Wildman–Crippen MR) is 83.9 cm³/mol. The number of nitrogens with one attached hydrogen (secondary N) is 1. The minimum Gasteiger partial charge on any atom is -0.381 e. The van der Waals surface area contributed by atoms with Gasteiger partial charge in [0.15, 0.2) is 0 Å². The van der Waals surface area contributed by atoms with Crippen LogP contribution >= 0.6 is 0 Å². The molecule has 2 amide bonds. The molecule has 0 bridgehead atoms. The molecule has 0 aromatic heterocycles. The van der Waals surface area contributed by atoms with E-state index in [1.54, 1.807) is 24.3 Å². The number of ether oxygens (including phenoxy) is 1. The van der Waals surface area contributed by atoms with Gasteiger partial charge in [-0.2, -0.15) is 0 Å². The molecule has 2 heterocycles. The monoisotopic (exact) mass is 318 g/mol. The van der Waals surface area contributed by atoms with Gasteiger partial charge < -0.3 is 10.1 Å². The summed E-state index contributed by atoms with van der Waals surface area (Å²) in [6.45, 7) is 4.61. The molecule has 23 heavy (non-hydrogen) atoms. The first-order valence-electron chi connectivity index (χ1n) is 8.10. The standard InChI is InChI=1S/C17H22N2O4/c1-12(13-5-4-9-22-11-13)18-8-10-23-19-16(20)14-6-2-3-7-15(14)17(19)21/h2-3,6-7,12-13,18H,4-5,8-11H2,1H3/t12-,13-/m1/s1. The van der Waals surface area contributed by atoms with Crippen molar-refractivity contribution in [3.8, 4) is 0 Å². The van der Waals surface area contributed by atoms with Gasteiger partial charge in [-0.05, 0) is 37.8 Å². The van der Waals surface area contributed by atoms with E-state index in [1.165, 1.54) is 0 Å². The lowest BCUT2D eigenvalue weighted by Crippen LogP contribution is -2.40. The molecule has 2 aliphatic rings. The van der Waals surface area contributed by atoms with Crippen LogP contribution < -0.4 is 5.32 Å². The largest absolute Gasteiger partial charge is 0.381 e. The molecule has 1 fully saturated rings. The number of nitrogens with zero attached hydrogens (tertiary/aromatic N) is 1. The highest BCUT2D eigenvalue weighted by Gasteiger charge is 2.36. The van der Waals surface area contributed by atoms with Crippen molar-refractivity contribution in [2.45, 2.75) is 25.8 Å². The van der Waals surface area contributed by atoms with Crippen molar-refractivity contribution in [3.05, 3.63) is 35.4 Å². The second-order valence-electron chi connectivity index (χ2n) is 6.00. The van der Waals surface area contributed by atoms with E-state index >= 15 is 0 Å². The number of hydrogen-bond acceptors (Lipinski definition) is 5. The molecule has 124 valence electrons. The molecular formula is C17H22N2O4. The van der Waals surface area contributed by atoms with Gasteiger partial charge in [-0.1, -0.05) is 12.1 Å². The van der Waals surface area contributed by atoms with Crippen LogP contribution in [0.15, 0.2) is 24.3 Å². The first kappa shape index (κ1) is 16.1. The van der Waals surface area contributed by atoms with Crippen molar-refractivity contribution in [2.75, 3.05) is 26.4 Å². The first-order valence-corrected chi connectivity index (χ1v) is 8.10. The zero-order valence-corrected chi connectivity index (χ0v) is 13.3. The first-order chi connectivity index (χ1) is 11.2. The Morgan fingerprint density at radius 3 is 2.61 bits per heavy atom. The minimum absolute atomic E-state index is 0.267. The van der Waals surface area contributed by atoms with Crippen molar-refractivity contribution >= 4 is 11.8 Å². The van der Waals surface area contributed by atoms with E-state index in [0.29, 0.717) is 29.6 Å². The summed E-state index contributed by atoms with van der Waals surface area (Å²) in [6, 6.07) is 7.08. The van der Waals surface area contributed by atoms with E-state index in [9.17, 15) is 9.59 Å². The highest BCUT2D eigenvalue weighted by Crippen LogP contribution is 2.22. The number of hydroxylamine groups is 2. The van der Waals surface area contributed by atoms with Gasteiger partial charge in [0, 0.05) is 19.2 Å². The number of carbonyl (C=O) groups is 2. The summed E-state index contributed by atoms with van der Waals surface area (Å²) in [7, 11) is 0. The SMILES string of the molecule is C[C@@H](NCCON1C(=O)c2ccccc2C1=O)[C@@H]1CCCOC1. The lowest BCUT2D eigenvalue weighted by Gasteiger charge is -2.28. The van der Waals surface area contributed by atoms with Crippen LogP contribution in [0.4, 0.5) is 0 Å². The Labute approximate surface area is 135 Å². The van der Waals surface area contributed by atoms with E-state index in [0.717, 1.165) is 31.1 Å². The normalized spacial score (nSPS) is 22.3. The Bertz CT molecular complexity index is 549. The van der Waals surface area contributed by atoms with E-state index in [-0.39, 0.29) is 18.4 Å². The molecule has 2 atom stereocenters.